The summed E-state index contributed by atoms with van der Waals surface area (Å²) in [5.41, 5.74) is 1.14. The Labute approximate surface area is 85.0 Å². The molecule has 14 heavy (non-hydrogen) atoms. The molecule has 1 unspecified atom stereocenters. The zero-order valence-corrected chi connectivity index (χ0v) is 9.13. The first-order chi connectivity index (χ1) is 6.72. The Balaban J connectivity index is 3.04. The third-order valence-corrected chi connectivity index (χ3v) is 2.34. The number of benzene rings is 1. The lowest BCUT2D eigenvalue weighted by atomic mass is 10.1. The maximum absolute atomic E-state index is 5.29. The maximum Gasteiger partial charge on any atom is 0.127 e. The van der Waals surface area contributed by atoms with Crippen molar-refractivity contribution in [2.45, 2.75) is 13.0 Å². The Kier molecular flexibility index (Phi) is 3.77. The van der Waals surface area contributed by atoms with Crippen molar-refractivity contribution >= 4 is 0 Å². The molecule has 1 atom stereocenters. The number of hydrogen-bond donors (Lipinski definition) is 1. The van der Waals surface area contributed by atoms with Crippen molar-refractivity contribution in [2.75, 3.05) is 21.3 Å². The zero-order chi connectivity index (χ0) is 10.6. The van der Waals surface area contributed by atoms with Gasteiger partial charge in [-0.3, -0.25) is 0 Å². The minimum Gasteiger partial charge on any atom is -0.497 e. The highest BCUT2D eigenvalue weighted by molar-refractivity contribution is 5.42. The summed E-state index contributed by atoms with van der Waals surface area (Å²) in [5, 5.41) is 3.17. The molecule has 1 rings (SSSR count). The Morgan fingerprint density at radius 2 is 1.93 bits per heavy atom. The van der Waals surface area contributed by atoms with Gasteiger partial charge in [-0.1, -0.05) is 6.07 Å². The second kappa shape index (κ2) is 4.86. The highest BCUT2D eigenvalue weighted by Crippen LogP contribution is 2.28. The second-order valence-corrected chi connectivity index (χ2v) is 3.12. The summed E-state index contributed by atoms with van der Waals surface area (Å²) in [6.45, 7) is 2.09. The average Bonchev–Trinajstić information content (AvgIpc) is 2.27. The van der Waals surface area contributed by atoms with E-state index >= 15 is 0 Å². The van der Waals surface area contributed by atoms with Gasteiger partial charge in [-0.25, -0.2) is 0 Å². The standard InChI is InChI=1S/C11H17NO2/c1-8(12-2)10-6-5-9(13-3)7-11(10)14-4/h5-8,12H,1-4H3. The van der Waals surface area contributed by atoms with E-state index < -0.39 is 0 Å². The van der Waals surface area contributed by atoms with Crippen LogP contribution in [0.25, 0.3) is 0 Å². The monoisotopic (exact) mass is 195 g/mol. The van der Waals surface area contributed by atoms with Gasteiger partial charge in [-0.2, -0.15) is 0 Å². The van der Waals surface area contributed by atoms with E-state index in [0.29, 0.717) is 0 Å². The smallest absolute Gasteiger partial charge is 0.127 e. The molecule has 0 aliphatic carbocycles. The molecule has 0 amide bonds. The van der Waals surface area contributed by atoms with E-state index in [4.69, 9.17) is 9.47 Å². The number of hydrogen-bond acceptors (Lipinski definition) is 3. The van der Waals surface area contributed by atoms with Gasteiger partial charge in [-0.05, 0) is 20.0 Å². The van der Waals surface area contributed by atoms with E-state index in [-0.39, 0.29) is 6.04 Å². The number of rotatable bonds is 4. The molecule has 3 heteroatoms. The van der Waals surface area contributed by atoms with Crippen molar-refractivity contribution in [3.05, 3.63) is 23.8 Å². The largest absolute Gasteiger partial charge is 0.497 e. The predicted molar refractivity (Wildman–Crippen MR) is 57.0 cm³/mol. The highest BCUT2D eigenvalue weighted by Gasteiger charge is 2.09. The van der Waals surface area contributed by atoms with Crippen LogP contribution in [0.3, 0.4) is 0 Å². The first kappa shape index (κ1) is 10.9. The number of methoxy groups -OCH3 is 2. The fraction of sp³-hybridized carbons (Fsp3) is 0.455. The fourth-order valence-electron chi connectivity index (χ4n) is 1.33. The molecule has 0 aliphatic rings. The minimum atomic E-state index is 0.274. The van der Waals surface area contributed by atoms with Crippen LogP contribution in [0, 0.1) is 0 Å². The van der Waals surface area contributed by atoms with Crippen LogP contribution in [0.4, 0.5) is 0 Å². The van der Waals surface area contributed by atoms with E-state index in [1.807, 2.05) is 25.2 Å². The lowest BCUT2D eigenvalue weighted by molar-refractivity contribution is 0.387. The average molecular weight is 195 g/mol. The zero-order valence-electron chi connectivity index (χ0n) is 9.13. The van der Waals surface area contributed by atoms with Crippen LogP contribution >= 0.6 is 0 Å². The molecule has 0 bridgehead atoms. The molecular formula is C11H17NO2. The van der Waals surface area contributed by atoms with Crippen molar-refractivity contribution in [3.8, 4) is 11.5 Å². The van der Waals surface area contributed by atoms with Gasteiger partial charge in [0.15, 0.2) is 0 Å². The first-order valence-corrected chi connectivity index (χ1v) is 4.62. The van der Waals surface area contributed by atoms with Gasteiger partial charge in [-0.15, -0.1) is 0 Å². The van der Waals surface area contributed by atoms with Crippen LogP contribution in [-0.4, -0.2) is 21.3 Å². The summed E-state index contributed by atoms with van der Waals surface area (Å²) < 4.78 is 10.4. The third kappa shape index (κ3) is 2.17. The van der Waals surface area contributed by atoms with Crippen molar-refractivity contribution in [1.29, 1.82) is 0 Å². The molecule has 1 N–H and O–H groups in total. The van der Waals surface area contributed by atoms with Crippen molar-refractivity contribution in [2.24, 2.45) is 0 Å². The van der Waals surface area contributed by atoms with Crippen molar-refractivity contribution < 1.29 is 9.47 Å². The van der Waals surface area contributed by atoms with Gasteiger partial charge in [0, 0.05) is 17.7 Å². The van der Waals surface area contributed by atoms with E-state index in [1.54, 1.807) is 14.2 Å². The predicted octanol–water partition coefficient (Wildman–Crippen LogP) is 1.98. The van der Waals surface area contributed by atoms with Gasteiger partial charge in [0.25, 0.3) is 0 Å². The van der Waals surface area contributed by atoms with E-state index in [2.05, 4.69) is 12.2 Å². The van der Waals surface area contributed by atoms with Crippen LogP contribution in [-0.2, 0) is 0 Å². The fourth-order valence-corrected chi connectivity index (χ4v) is 1.33. The second-order valence-electron chi connectivity index (χ2n) is 3.12. The molecule has 1 aromatic carbocycles. The summed E-state index contributed by atoms with van der Waals surface area (Å²) in [4.78, 5) is 0. The summed E-state index contributed by atoms with van der Waals surface area (Å²) in [7, 11) is 5.24. The molecular weight excluding hydrogens is 178 g/mol. The Bertz CT molecular complexity index is 299. The molecule has 0 saturated heterocycles. The molecule has 0 fully saturated rings. The van der Waals surface area contributed by atoms with Gasteiger partial charge in [0.05, 0.1) is 14.2 Å². The van der Waals surface area contributed by atoms with Crippen LogP contribution in [0.2, 0.25) is 0 Å². The molecule has 0 radical (unpaired) electrons. The number of ether oxygens (including phenoxy) is 2. The van der Waals surface area contributed by atoms with E-state index in [0.717, 1.165) is 17.1 Å². The SMILES string of the molecule is CNC(C)c1ccc(OC)cc1OC. The number of nitrogens with one attached hydrogen (secondary N) is 1. The normalized spacial score (nSPS) is 12.3. The van der Waals surface area contributed by atoms with Crippen LogP contribution in [0.5, 0.6) is 11.5 Å². The van der Waals surface area contributed by atoms with E-state index in [9.17, 15) is 0 Å². The Morgan fingerprint density at radius 1 is 1.21 bits per heavy atom. The van der Waals surface area contributed by atoms with Gasteiger partial charge >= 0.3 is 0 Å². The Morgan fingerprint density at radius 3 is 2.43 bits per heavy atom. The molecule has 3 nitrogen and oxygen atoms in total. The lowest BCUT2D eigenvalue weighted by Crippen LogP contribution is -2.13. The van der Waals surface area contributed by atoms with Crippen molar-refractivity contribution in [1.82, 2.24) is 5.32 Å². The maximum atomic E-state index is 5.29. The highest BCUT2D eigenvalue weighted by atomic mass is 16.5. The van der Waals surface area contributed by atoms with Gasteiger partial charge < -0.3 is 14.8 Å². The molecule has 0 heterocycles. The lowest BCUT2D eigenvalue weighted by Gasteiger charge is -2.15. The van der Waals surface area contributed by atoms with Crippen molar-refractivity contribution in [3.63, 3.8) is 0 Å². The molecule has 0 aromatic heterocycles. The third-order valence-electron chi connectivity index (χ3n) is 2.34. The topological polar surface area (TPSA) is 30.5 Å². The molecule has 78 valence electrons. The summed E-state index contributed by atoms with van der Waals surface area (Å²) in [5.74, 6) is 1.67. The molecule has 1 aromatic rings. The van der Waals surface area contributed by atoms with Crippen LogP contribution < -0.4 is 14.8 Å². The molecule has 0 saturated carbocycles. The summed E-state index contributed by atoms with van der Waals surface area (Å²) >= 11 is 0. The van der Waals surface area contributed by atoms with Gasteiger partial charge in [0.1, 0.15) is 11.5 Å². The Hall–Kier alpha value is -1.22. The summed E-state index contributed by atoms with van der Waals surface area (Å²) in [6, 6.07) is 6.11. The summed E-state index contributed by atoms with van der Waals surface area (Å²) in [6.07, 6.45) is 0. The first-order valence-electron chi connectivity index (χ1n) is 4.62. The molecule has 0 aliphatic heterocycles. The van der Waals surface area contributed by atoms with Crippen LogP contribution in [0.15, 0.2) is 18.2 Å². The minimum absolute atomic E-state index is 0.274. The van der Waals surface area contributed by atoms with Crippen LogP contribution in [0.1, 0.15) is 18.5 Å². The quantitative estimate of drug-likeness (QED) is 0.797. The van der Waals surface area contributed by atoms with E-state index in [1.165, 1.54) is 0 Å². The molecule has 0 spiro atoms. The van der Waals surface area contributed by atoms with Gasteiger partial charge in [0.2, 0.25) is 0 Å².